The van der Waals surface area contributed by atoms with E-state index in [-0.39, 0.29) is 25.4 Å². The van der Waals surface area contributed by atoms with Crippen molar-refractivity contribution < 1.29 is 14.7 Å². The molecule has 1 aromatic rings. The number of nitrogens with one attached hydrogen (secondary N) is 2. The molecular weight excluding hydrogens is 368 g/mol. The summed E-state index contributed by atoms with van der Waals surface area (Å²) in [4.78, 5) is 21.8. The summed E-state index contributed by atoms with van der Waals surface area (Å²) in [6.07, 6.45) is -0.00470. The quantitative estimate of drug-likeness (QED) is 0.662. The van der Waals surface area contributed by atoms with E-state index in [1.807, 2.05) is 12.1 Å². The topological polar surface area (TPSA) is 78.4 Å². The van der Waals surface area contributed by atoms with Crippen molar-refractivity contribution in [3.8, 4) is 0 Å². The number of carboxylic acid groups (broad SMARTS) is 1. The van der Waals surface area contributed by atoms with Crippen LogP contribution in [0.5, 0.6) is 0 Å². The normalized spacial score (nSPS) is 10.1. The molecule has 0 bridgehead atoms. The number of carboxylic acids is 1. The minimum absolute atomic E-state index is 0.00470. The third-order valence-corrected chi connectivity index (χ3v) is 3.16. The molecule has 0 fully saturated rings. The van der Waals surface area contributed by atoms with Gasteiger partial charge in [-0.1, -0.05) is 15.9 Å². The number of benzene rings is 1. The number of halogens is 2. The molecular formula is C11H12Br2N2O3. The van der Waals surface area contributed by atoms with Gasteiger partial charge in [-0.3, -0.25) is 9.59 Å². The van der Waals surface area contributed by atoms with Crippen molar-refractivity contribution in [3.63, 3.8) is 0 Å². The lowest BCUT2D eigenvalue weighted by atomic mass is 10.3. The predicted molar refractivity (Wildman–Crippen MR) is 75.6 cm³/mol. The van der Waals surface area contributed by atoms with Gasteiger partial charge in [0.25, 0.3) is 0 Å². The SMILES string of the molecule is O=C(O)CCNCC(=O)Nc1ccc(Br)cc1Br. The number of aliphatic carboxylic acids is 1. The lowest BCUT2D eigenvalue weighted by Gasteiger charge is -2.08. The van der Waals surface area contributed by atoms with Crippen molar-refractivity contribution in [1.82, 2.24) is 5.32 Å². The Hall–Kier alpha value is -0.920. The molecule has 0 heterocycles. The van der Waals surface area contributed by atoms with E-state index >= 15 is 0 Å². The fourth-order valence-electron chi connectivity index (χ4n) is 1.18. The van der Waals surface area contributed by atoms with Gasteiger partial charge < -0.3 is 15.7 Å². The third-order valence-electron chi connectivity index (χ3n) is 2.01. The van der Waals surface area contributed by atoms with Gasteiger partial charge in [0.2, 0.25) is 5.91 Å². The van der Waals surface area contributed by atoms with Crippen molar-refractivity contribution in [2.75, 3.05) is 18.4 Å². The Morgan fingerprint density at radius 2 is 2.00 bits per heavy atom. The van der Waals surface area contributed by atoms with Crippen LogP contribution in [-0.2, 0) is 9.59 Å². The second-order valence-corrected chi connectivity index (χ2v) is 5.26. The average Bonchev–Trinajstić information content (AvgIpc) is 2.28. The number of hydrogen-bond donors (Lipinski definition) is 3. The summed E-state index contributed by atoms with van der Waals surface area (Å²) in [5, 5.41) is 13.9. The first kappa shape index (κ1) is 15.1. The van der Waals surface area contributed by atoms with Gasteiger partial charge in [0.1, 0.15) is 0 Å². The molecule has 7 heteroatoms. The zero-order valence-corrected chi connectivity index (χ0v) is 12.5. The minimum Gasteiger partial charge on any atom is -0.481 e. The van der Waals surface area contributed by atoms with Gasteiger partial charge >= 0.3 is 5.97 Å². The first-order chi connectivity index (χ1) is 8.49. The Bertz CT molecular complexity index is 452. The van der Waals surface area contributed by atoms with Crippen LogP contribution in [0.15, 0.2) is 27.1 Å². The third kappa shape index (κ3) is 5.61. The first-order valence-corrected chi connectivity index (χ1v) is 6.75. The van der Waals surface area contributed by atoms with E-state index in [0.29, 0.717) is 5.69 Å². The van der Waals surface area contributed by atoms with E-state index in [1.165, 1.54) is 0 Å². The van der Waals surface area contributed by atoms with Gasteiger partial charge in [0.15, 0.2) is 0 Å². The second kappa shape index (κ2) is 7.50. The molecule has 0 aliphatic carbocycles. The van der Waals surface area contributed by atoms with E-state index in [1.54, 1.807) is 6.07 Å². The number of amides is 1. The van der Waals surface area contributed by atoms with Crippen LogP contribution in [0.25, 0.3) is 0 Å². The molecule has 0 unspecified atom stereocenters. The molecule has 98 valence electrons. The van der Waals surface area contributed by atoms with Gasteiger partial charge in [-0.25, -0.2) is 0 Å². The Kier molecular flexibility index (Phi) is 6.31. The van der Waals surface area contributed by atoms with Gasteiger partial charge in [-0.2, -0.15) is 0 Å². The van der Waals surface area contributed by atoms with E-state index in [0.717, 1.165) is 8.95 Å². The molecule has 18 heavy (non-hydrogen) atoms. The summed E-state index contributed by atoms with van der Waals surface area (Å²) < 4.78 is 1.68. The monoisotopic (exact) mass is 378 g/mol. The van der Waals surface area contributed by atoms with Crippen molar-refractivity contribution in [3.05, 3.63) is 27.1 Å². The molecule has 1 aromatic carbocycles. The Labute approximate surface area is 121 Å². The second-order valence-electron chi connectivity index (χ2n) is 3.49. The molecule has 0 aliphatic heterocycles. The maximum absolute atomic E-state index is 11.5. The number of carbonyl (C=O) groups excluding carboxylic acids is 1. The number of anilines is 1. The maximum Gasteiger partial charge on any atom is 0.304 e. The fraction of sp³-hybridized carbons (Fsp3) is 0.273. The zero-order chi connectivity index (χ0) is 13.5. The molecule has 3 N–H and O–H groups in total. The van der Waals surface area contributed by atoms with E-state index in [4.69, 9.17) is 5.11 Å². The summed E-state index contributed by atoms with van der Waals surface area (Å²) in [6, 6.07) is 5.41. The van der Waals surface area contributed by atoms with Crippen LogP contribution in [-0.4, -0.2) is 30.1 Å². The van der Waals surface area contributed by atoms with Crippen LogP contribution in [0.1, 0.15) is 6.42 Å². The summed E-state index contributed by atoms with van der Waals surface area (Å²) in [6.45, 7) is 0.347. The molecule has 1 rings (SSSR count). The van der Waals surface area contributed by atoms with Crippen LogP contribution >= 0.6 is 31.9 Å². The predicted octanol–water partition coefficient (Wildman–Crippen LogP) is 2.21. The number of hydrogen-bond acceptors (Lipinski definition) is 3. The van der Waals surface area contributed by atoms with E-state index < -0.39 is 5.97 Å². The summed E-state index contributed by atoms with van der Waals surface area (Å²) in [7, 11) is 0. The minimum atomic E-state index is -0.890. The van der Waals surface area contributed by atoms with Crippen LogP contribution in [0.4, 0.5) is 5.69 Å². The molecule has 0 aliphatic rings. The highest BCUT2D eigenvalue weighted by Gasteiger charge is 2.06. The molecule has 0 saturated heterocycles. The summed E-state index contributed by atoms with van der Waals surface area (Å²) in [5.74, 6) is -1.11. The van der Waals surface area contributed by atoms with Crippen LogP contribution in [0.3, 0.4) is 0 Å². The highest BCUT2D eigenvalue weighted by atomic mass is 79.9. The Morgan fingerprint density at radius 3 is 2.61 bits per heavy atom. The standard InChI is InChI=1S/C11H12Br2N2O3/c12-7-1-2-9(8(13)5-7)15-10(16)6-14-4-3-11(17)18/h1-2,5,14H,3-4,6H2,(H,15,16)(H,17,18). The molecule has 1 amide bonds. The highest BCUT2D eigenvalue weighted by Crippen LogP contribution is 2.25. The van der Waals surface area contributed by atoms with Gasteiger partial charge in [-0.05, 0) is 34.1 Å². The Balaban J connectivity index is 2.38. The van der Waals surface area contributed by atoms with Crippen LogP contribution in [0, 0.1) is 0 Å². The number of carbonyl (C=O) groups is 2. The molecule has 0 radical (unpaired) electrons. The zero-order valence-electron chi connectivity index (χ0n) is 9.37. The lowest BCUT2D eigenvalue weighted by Crippen LogP contribution is -2.29. The maximum atomic E-state index is 11.5. The largest absolute Gasteiger partial charge is 0.481 e. The van der Waals surface area contributed by atoms with Crippen molar-refractivity contribution in [2.24, 2.45) is 0 Å². The van der Waals surface area contributed by atoms with Crippen LogP contribution < -0.4 is 10.6 Å². The summed E-state index contributed by atoms with van der Waals surface area (Å²) in [5.41, 5.74) is 0.670. The van der Waals surface area contributed by atoms with Crippen molar-refractivity contribution in [2.45, 2.75) is 6.42 Å². The highest BCUT2D eigenvalue weighted by molar-refractivity contribution is 9.11. The van der Waals surface area contributed by atoms with Gasteiger partial charge in [-0.15, -0.1) is 0 Å². The van der Waals surface area contributed by atoms with Gasteiger partial charge in [0.05, 0.1) is 18.7 Å². The smallest absolute Gasteiger partial charge is 0.304 e. The van der Waals surface area contributed by atoms with Gasteiger partial charge in [0, 0.05) is 15.5 Å². The summed E-state index contributed by atoms with van der Waals surface area (Å²) >= 11 is 6.65. The molecule has 0 atom stereocenters. The molecule has 0 aromatic heterocycles. The Morgan fingerprint density at radius 1 is 1.28 bits per heavy atom. The molecule has 5 nitrogen and oxygen atoms in total. The fourth-order valence-corrected chi connectivity index (χ4v) is 2.33. The number of rotatable bonds is 6. The van der Waals surface area contributed by atoms with Crippen molar-refractivity contribution >= 4 is 49.4 Å². The average molecular weight is 380 g/mol. The molecule has 0 spiro atoms. The van der Waals surface area contributed by atoms with E-state index in [9.17, 15) is 9.59 Å². The van der Waals surface area contributed by atoms with E-state index in [2.05, 4.69) is 42.5 Å². The lowest BCUT2D eigenvalue weighted by molar-refractivity contribution is -0.137. The molecule has 0 saturated carbocycles. The van der Waals surface area contributed by atoms with Crippen LogP contribution in [0.2, 0.25) is 0 Å². The first-order valence-electron chi connectivity index (χ1n) is 5.16. The van der Waals surface area contributed by atoms with Crippen molar-refractivity contribution in [1.29, 1.82) is 0 Å².